The van der Waals surface area contributed by atoms with Gasteiger partial charge in [0.15, 0.2) is 5.96 Å². The maximum atomic E-state index is 5.53. The minimum absolute atomic E-state index is 0.293. The number of aliphatic imine (C=N–C) groups is 1. The molecule has 0 aromatic carbocycles. The van der Waals surface area contributed by atoms with E-state index in [-0.39, 0.29) is 0 Å². The van der Waals surface area contributed by atoms with Crippen LogP contribution in [0.3, 0.4) is 0 Å². The first-order valence-corrected chi connectivity index (χ1v) is 10.9. The number of nitrogens with zero attached hydrogens (tertiary/aromatic N) is 3. The number of hydrogen-bond donors (Lipinski definition) is 2. The summed E-state index contributed by atoms with van der Waals surface area (Å²) in [4.78, 5) is 8.73. The Balaban J connectivity index is 1.62. The molecule has 1 saturated heterocycles. The minimum Gasteiger partial charge on any atom is -0.379 e. The Morgan fingerprint density at radius 2 is 2.14 bits per heavy atom. The normalized spacial score (nSPS) is 16.9. The second-order valence-corrected chi connectivity index (χ2v) is 7.86. The number of guanidine groups is 1. The highest BCUT2D eigenvalue weighted by molar-refractivity contribution is 7.10. The summed E-state index contributed by atoms with van der Waals surface area (Å²) in [6, 6.07) is 4.62. The van der Waals surface area contributed by atoms with E-state index in [0.29, 0.717) is 6.04 Å². The van der Waals surface area contributed by atoms with Gasteiger partial charge in [0.05, 0.1) is 31.5 Å². The molecular weight excluding hydrogens is 374 g/mol. The van der Waals surface area contributed by atoms with Gasteiger partial charge in [-0.1, -0.05) is 11.2 Å². The summed E-state index contributed by atoms with van der Waals surface area (Å²) >= 11 is 1.80. The van der Waals surface area contributed by atoms with Crippen LogP contribution in [0.15, 0.2) is 27.0 Å². The number of aromatic nitrogens is 1. The van der Waals surface area contributed by atoms with E-state index in [9.17, 15) is 0 Å². The number of nitrogens with one attached hydrogen (secondary N) is 2. The summed E-state index contributed by atoms with van der Waals surface area (Å²) in [5.74, 6) is 1.75. The van der Waals surface area contributed by atoms with Crippen LogP contribution in [0.25, 0.3) is 0 Å². The minimum atomic E-state index is 0.293. The number of ether oxygens (including phenoxy) is 1. The van der Waals surface area contributed by atoms with Crippen LogP contribution >= 0.6 is 11.3 Å². The number of hydrogen-bond acceptors (Lipinski definition) is 6. The van der Waals surface area contributed by atoms with Crippen LogP contribution in [-0.2, 0) is 11.2 Å². The van der Waals surface area contributed by atoms with Crippen LogP contribution in [-0.4, -0.2) is 62.0 Å². The number of morpholine rings is 1. The number of rotatable bonds is 8. The highest BCUT2D eigenvalue weighted by Gasteiger charge is 2.23. The molecule has 2 aromatic heterocycles. The van der Waals surface area contributed by atoms with Crippen molar-refractivity contribution in [3.05, 3.63) is 39.4 Å². The van der Waals surface area contributed by atoms with Gasteiger partial charge in [-0.05, 0) is 38.6 Å². The van der Waals surface area contributed by atoms with E-state index < -0.39 is 0 Å². The smallest absolute Gasteiger partial charge is 0.191 e. The van der Waals surface area contributed by atoms with Crippen LogP contribution in [0, 0.1) is 13.8 Å². The van der Waals surface area contributed by atoms with E-state index in [0.717, 1.165) is 69.8 Å². The first-order valence-electron chi connectivity index (χ1n) is 9.98. The van der Waals surface area contributed by atoms with Gasteiger partial charge in [0.2, 0.25) is 0 Å². The first kappa shape index (κ1) is 20.8. The maximum Gasteiger partial charge on any atom is 0.191 e. The zero-order valence-corrected chi connectivity index (χ0v) is 17.8. The van der Waals surface area contributed by atoms with Gasteiger partial charge in [0, 0.05) is 36.6 Å². The van der Waals surface area contributed by atoms with Gasteiger partial charge < -0.3 is 19.9 Å². The first-order chi connectivity index (χ1) is 13.7. The molecule has 2 aromatic rings. The van der Waals surface area contributed by atoms with Gasteiger partial charge in [0.1, 0.15) is 5.76 Å². The zero-order chi connectivity index (χ0) is 19.8. The molecule has 1 fully saturated rings. The quantitative estimate of drug-likeness (QED) is 0.519. The van der Waals surface area contributed by atoms with E-state index in [4.69, 9.17) is 14.3 Å². The van der Waals surface area contributed by atoms with Crippen LogP contribution in [0.2, 0.25) is 0 Å². The second kappa shape index (κ2) is 10.6. The van der Waals surface area contributed by atoms with Crippen LogP contribution < -0.4 is 10.6 Å². The lowest BCUT2D eigenvalue weighted by atomic mass is 10.1. The van der Waals surface area contributed by atoms with Crippen molar-refractivity contribution in [2.75, 3.05) is 45.9 Å². The second-order valence-electron chi connectivity index (χ2n) is 6.88. The van der Waals surface area contributed by atoms with Crippen molar-refractivity contribution in [1.82, 2.24) is 20.7 Å². The number of thiophene rings is 1. The van der Waals surface area contributed by atoms with Crippen LogP contribution in [0.1, 0.15) is 34.9 Å². The van der Waals surface area contributed by atoms with Crippen molar-refractivity contribution in [2.45, 2.75) is 33.2 Å². The average Bonchev–Trinajstić information content (AvgIpc) is 3.34. The summed E-state index contributed by atoms with van der Waals surface area (Å²) in [5.41, 5.74) is 2.14. The topological polar surface area (TPSA) is 74.9 Å². The zero-order valence-electron chi connectivity index (χ0n) is 17.0. The lowest BCUT2D eigenvalue weighted by Crippen LogP contribution is -2.42. The Labute approximate surface area is 171 Å². The van der Waals surface area contributed by atoms with Crippen molar-refractivity contribution in [2.24, 2.45) is 4.99 Å². The lowest BCUT2D eigenvalue weighted by Gasteiger charge is -2.33. The Morgan fingerprint density at radius 1 is 1.32 bits per heavy atom. The van der Waals surface area contributed by atoms with E-state index in [1.807, 2.05) is 13.8 Å². The molecule has 0 saturated carbocycles. The molecule has 1 unspecified atom stereocenters. The van der Waals surface area contributed by atoms with Gasteiger partial charge in [0.25, 0.3) is 0 Å². The molecule has 0 amide bonds. The molecule has 154 valence electrons. The summed E-state index contributed by atoms with van der Waals surface area (Å²) in [6.45, 7) is 11.9. The third kappa shape index (κ3) is 5.56. The SMILES string of the molecule is CCNC(=NCC(c1cccs1)N1CCOCC1)NCCc1c(C)noc1C. The fourth-order valence-electron chi connectivity index (χ4n) is 3.44. The average molecular weight is 406 g/mol. The Hall–Kier alpha value is -1.90. The molecule has 1 atom stereocenters. The van der Waals surface area contributed by atoms with Crippen molar-refractivity contribution in [3.8, 4) is 0 Å². The van der Waals surface area contributed by atoms with Crippen molar-refractivity contribution < 1.29 is 9.26 Å². The summed E-state index contributed by atoms with van der Waals surface area (Å²) in [7, 11) is 0. The summed E-state index contributed by atoms with van der Waals surface area (Å²) < 4.78 is 10.8. The van der Waals surface area contributed by atoms with Gasteiger partial charge in [-0.15, -0.1) is 11.3 Å². The number of aryl methyl sites for hydroxylation is 2. The van der Waals surface area contributed by atoms with Gasteiger partial charge in [-0.3, -0.25) is 9.89 Å². The van der Waals surface area contributed by atoms with Crippen molar-refractivity contribution in [1.29, 1.82) is 0 Å². The fraction of sp³-hybridized carbons (Fsp3) is 0.600. The van der Waals surface area contributed by atoms with Crippen LogP contribution in [0.5, 0.6) is 0 Å². The third-order valence-electron chi connectivity index (χ3n) is 4.97. The largest absolute Gasteiger partial charge is 0.379 e. The molecule has 0 aliphatic carbocycles. The van der Waals surface area contributed by atoms with Gasteiger partial charge in [-0.2, -0.15) is 0 Å². The van der Waals surface area contributed by atoms with Crippen LogP contribution in [0.4, 0.5) is 0 Å². The van der Waals surface area contributed by atoms with E-state index in [1.54, 1.807) is 11.3 Å². The van der Waals surface area contributed by atoms with E-state index in [2.05, 4.69) is 45.1 Å². The van der Waals surface area contributed by atoms with Crippen molar-refractivity contribution >= 4 is 17.3 Å². The summed E-state index contributed by atoms with van der Waals surface area (Å²) in [6.07, 6.45) is 0.864. The molecule has 7 nitrogen and oxygen atoms in total. The Bertz CT molecular complexity index is 718. The maximum absolute atomic E-state index is 5.53. The molecule has 28 heavy (non-hydrogen) atoms. The molecule has 8 heteroatoms. The van der Waals surface area contributed by atoms with Gasteiger partial charge in [-0.25, -0.2) is 0 Å². The lowest BCUT2D eigenvalue weighted by molar-refractivity contribution is 0.0186. The molecule has 0 radical (unpaired) electrons. The van der Waals surface area contributed by atoms with Gasteiger partial charge >= 0.3 is 0 Å². The monoisotopic (exact) mass is 405 g/mol. The summed E-state index contributed by atoms with van der Waals surface area (Å²) in [5, 5.41) is 13.0. The molecule has 1 aliphatic heterocycles. The molecule has 1 aliphatic rings. The predicted octanol–water partition coefficient (Wildman–Crippen LogP) is 2.52. The standard InChI is InChI=1S/C20H31N5O2S/c1-4-21-20(22-8-7-17-15(2)24-27-16(17)3)23-14-18(19-6-5-13-28-19)25-9-11-26-12-10-25/h5-6,13,18H,4,7-12,14H2,1-3H3,(H2,21,22,23). The Morgan fingerprint density at radius 3 is 2.79 bits per heavy atom. The highest BCUT2D eigenvalue weighted by Crippen LogP contribution is 2.26. The molecule has 2 N–H and O–H groups in total. The van der Waals surface area contributed by atoms with E-state index in [1.165, 1.54) is 10.4 Å². The fourth-order valence-corrected chi connectivity index (χ4v) is 4.29. The van der Waals surface area contributed by atoms with Crippen molar-refractivity contribution in [3.63, 3.8) is 0 Å². The molecule has 0 bridgehead atoms. The molecule has 3 heterocycles. The van der Waals surface area contributed by atoms with E-state index >= 15 is 0 Å². The third-order valence-corrected chi connectivity index (χ3v) is 5.95. The molecular formula is C20H31N5O2S. The molecule has 0 spiro atoms. The Kier molecular flexibility index (Phi) is 7.88. The highest BCUT2D eigenvalue weighted by atomic mass is 32.1. The molecule has 3 rings (SSSR count). The predicted molar refractivity (Wildman–Crippen MR) is 113 cm³/mol.